The fraction of sp³-hybridized carbons (Fsp3) is 0.390. The van der Waals surface area contributed by atoms with Crippen LogP contribution in [0.4, 0.5) is 9.59 Å². The lowest BCUT2D eigenvalue weighted by Gasteiger charge is -2.29. The summed E-state index contributed by atoms with van der Waals surface area (Å²) in [6.45, 7) is 10.5. The third-order valence-electron chi connectivity index (χ3n) is 10.1. The van der Waals surface area contributed by atoms with Gasteiger partial charge in [0, 0.05) is 18.7 Å². The zero-order chi connectivity index (χ0) is 37.4. The fourth-order valence-corrected chi connectivity index (χ4v) is 7.47. The average Bonchev–Trinajstić information content (AvgIpc) is 3.95. The summed E-state index contributed by atoms with van der Waals surface area (Å²) in [6, 6.07) is 19.9. The van der Waals surface area contributed by atoms with E-state index in [1.54, 1.807) is 16.0 Å². The van der Waals surface area contributed by atoms with Gasteiger partial charge in [0.05, 0.1) is 35.9 Å². The van der Waals surface area contributed by atoms with E-state index in [1.807, 2.05) is 40.8 Å². The van der Waals surface area contributed by atoms with Crippen LogP contribution in [-0.2, 0) is 9.53 Å². The van der Waals surface area contributed by atoms with Crippen molar-refractivity contribution in [2.45, 2.75) is 84.0 Å². The Morgan fingerprint density at radius 3 is 1.87 bits per heavy atom. The molecule has 3 atom stereocenters. The number of benzene rings is 3. The number of hydrogen-bond donors (Lipinski definition) is 4. The number of carboxylic acid groups (broad SMARTS) is 1. The lowest BCUT2D eigenvalue weighted by atomic mass is 9.98. The maximum absolute atomic E-state index is 13.4. The molecular formula is C41H47N7O5. The van der Waals surface area contributed by atoms with Gasteiger partial charge >= 0.3 is 12.2 Å². The normalized spacial score (nSPS) is 18.2. The van der Waals surface area contributed by atoms with Gasteiger partial charge in [0.25, 0.3) is 0 Å². The summed E-state index contributed by atoms with van der Waals surface area (Å²) in [5.74, 6) is 1.08. The number of amides is 3. The summed E-state index contributed by atoms with van der Waals surface area (Å²) in [5.41, 5.74) is 5.41. The molecule has 7 rings (SSSR count). The number of H-pyrrole nitrogens is 2. The number of aromatic nitrogens is 4. The van der Waals surface area contributed by atoms with Crippen LogP contribution in [0.25, 0.3) is 44.4 Å². The quantitative estimate of drug-likeness (QED) is 0.126. The summed E-state index contributed by atoms with van der Waals surface area (Å²) in [5, 5.41) is 13.9. The van der Waals surface area contributed by atoms with Gasteiger partial charge in [0.2, 0.25) is 5.91 Å². The van der Waals surface area contributed by atoms with E-state index in [-0.39, 0.29) is 30.0 Å². The number of ether oxygens (including phenoxy) is 1. The van der Waals surface area contributed by atoms with Crippen LogP contribution in [-0.4, -0.2) is 77.7 Å². The molecule has 0 aliphatic carbocycles. The van der Waals surface area contributed by atoms with E-state index in [4.69, 9.17) is 4.74 Å². The minimum atomic E-state index is -1.20. The third-order valence-corrected chi connectivity index (χ3v) is 10.1. The number of carbonyl (C=O) groups is 3. The van der Waals surface area contributed by atoms with Crippen molar-refractivity contribution in [3.63, 3.8) is 0 Å². The van der Waals surface area contributed by atoms with Gasteiger partial charge in [-0.05, 0) is 92.0 Å². The van der Waals surface area contributed by atoms with Gasteiger partial charge < -0.3 is 30.0 Å². The molecule has 2 fully saturated rings. The first-order valence-corrected chi connectivity index (χ1v) is 18.4. The molecule has 4 heterocycles. The molecule has 0 spiro atoms. The lowest BCUT2D eigenvalue weighted by Crippen LogP contribution is -2.50. The second-order valence-electron chi connectivity index (χ2n) is 15.4. The first-order valence-electron chi connectivity index (χ1n) is 18.4. The van der Waals surface area contributed by atoms with Crippen molar-refractivity contribution < 1.29 is 24.2 Å². The molecule has 5 aromatic rings. The Morgan fingerprint density at radius 2 is 1.28 bits per heavy atom. The molecule has 276 valence electrons. The van der Waals surface area contributed by atoms with Crippen molar-refractivity contribution in [2.24, 2.45) is 5.92 Å². The highest BCUT2D eigenvalue weighted by Crippen LogP contribution is 2.35. The first-order chi connectivity index (χ1) is 25.3. The molecule has 2 saturated heterocycles. The Hall–Kier alpha value is -5.65. The molecule has 2 aliphatic heterocycles. The van der Waals surface area contributed by atoms with E-state index in [9.17, 15) is 19.5 Å². The van der Waals surface area contributed by atoms with Crippen molar-refractivity contribution in [1.29, 1.82) is 0 Å². The molecule has 0 radical (unpaired) electrons. The van der Waals surface area contributed by atoms with Crippen molar-refractivity contribution >= 4 is 28.9 Å². The monoisotopic (exact) mass is 717 g/mol. The number of nitrogens with one attached hydrogen (secondary N) is 3. The zero-order valence-corrected chi connectivity index (χ0v) is 30.8. The van der Waals surface area contributed by atoms with Crippen LogP contribution < -0.4 is 5.32 Å². The Kier molecular flexibility index (Phi) is 9.71. The summed E-state index contributed by atoms with van der Waals surface area (Å²) < 4.78 is 5.64. The second kappa shape index (κ2) is 14.4. The van der Waals surface area contributed by atoms with Crippen LogP contribution in [0, 0.1) is 5.92 Å². The molecule has 0 unspecified atom stereocenters. The highest BCUT2D eigenvalue weighted by molar-refractivity contribution is 5.91. The van der Waals surface area contributed by atoms with E-state index in [0.717, 1.165) is 75.9 Å². The van der Waals surface area contributed by atoms with Gasteiger partial charge in [0.15, 0.2) is 0 Å². The molecule has 2 aromatic heterocycles. The topological polar surface area (TPSA) is 157 Å². The largest absolute Gasteiger partial charge is 0.465 e. The van der Waals surface area contributed by atoms with Crippen molar-refractivity contribution in [3.8, 4) is 33.6 Å². The maximum atomic E-state index is 13.4. The number of rotatable bonds is 8. The third kappa shape index (κ3) is 7.62. The molecule has 3 amide bonds. The van der Waals surface area contributed by atoms with Gasteiger partial charge in [-0.3, -0.25) is 9.69 Å². The predicted molar refractivity (Wildman–Crippen MR) is 203 cm³/mol. The van der Waals surface area contributed by atoms with E-state index >= 15 is 0 Å². The number of likely N-dealkylation sites (tertiary alicyclic amines) is 2. The molecule has 3 aromatic carbocycles. The Labute approximate surface area is 309 Å². The van der Waals surface area contributed by atoms with E-state index in [0.29, 0.717) is 18.9 Å². The van der Waals surface area contributed by atoms with Crippen molar-refractivity contribution in [3.05, 3.63) is 84.7 Å². The van der Waals surface area contributed by atoms with Crippen LogP contribution in [0.1, 0.15) is 84.0 Å². The Balaban J connectivity index is 1.04. The molecule has 0 bridgehead atoms. The average molecular weight is 718 g/mol. The molecule has 4 N–H and O–H groups in total. The Bertz CT molecular complexity index is 2130. The van der Waals surface area contributed by atoms with Gasteiger partial charge in [-0.2, -0.15) is 0 Å². The van der Waals surface area contributed by atoms with Crippen molar-refractivity contribution in [2.75, 3.05) is 13.1 Å². The zero-order valence-electron chi connectivity index (χ0n) is 30.8. The second-order valence-corrected chi connectivity index (χ2v) is 15.4. The summed E-state index contributed by atoms with van der Waals surface area (Å²) >= 11 is 0. The van der Waals surface area contributed by atoms with Gasteiger partial charge in [0.1, 0.15) is 23.3 Å². The molecule has 12 nitrogen and oxygen atoms in total. The fourth-order valence-electron chi connectivity index (χ4n) is 7.47. The number of imidazole rings is 2. The lowest BCUT2D eigenvalue weighted by molar-refractivity contribution is -0.135. The van der Waals surface area contributed by atoms with Crippen LogP contribution >= 0.6 is 0 Å². The van der Waals surface area contributed by atoms with Crippen LogP contribution in [0.15, 0.2) is 73.1 Å². The maximum Gasteiger partial charge on any atom is 0.410 e. The number of hydrogen-bond acceptors (Lipinski definition) is 6. The molecule has 12 heteroatoms. The van der Waals surface area contributed by atoms with Gasteiger partial charge in [-0.25, -0.2) is 19.6 Å². The number of carbonyl (C=O) groups excluding carboxylic acids is 2. The standard InChI is InChI=1S/C41H47N7O5/c1-24(2)35(46-39(50)51)38(49)47-18-6-8-33(47)36-43-23-32(45-36)30-17-16-28-20-27(14-15-29(28)21-30)25-10-12-26(13-11-25)31-22-42-37(44-31)34-9-7-19-48(34)40(52)53-41(3,4)5/h10-17,20-24,33-35,46H,6-9,18-19H2,1-5H3,(H,42,44)(H,43,45)(H,50,51)/t33-,34-,35-/m0/s1. The minimum Gasteiger partial charge on any atom is -0.465 e. The predicted octanol–water partition coefficient (Wildman–Crippen LogP) is 8.31. The van der Waals surface area contributed by atoms with E-state index in [2.05, 4.69) is 85.9 Å². The molecular weight excluding hydrogens is 670 g/mol. The first kappa shape index (κ1) is 35.7. The summed E-state index contributed by atoms with van der Waals surface area (Å²) in [6.07, 6.45) is 5.46. The van der Waals surface area contributed by atoms with Gasteiger partial charge in [-0.1, -0.05) is 62.4 Å². The molecule has 2 aliphatic rings. The highest BCUT2D eigenvalue weighted by atomic mass is 16.6. The van der Waals surface area contributed by atoms with Gasteiger partial charge in [-0.15, -0.1) is 0 Å². The molecule has 0 saturated carbocycles. The smallest absolute Gasteiger partial charge is 0.410 e. The number of nitrogens with zero attached hydrogens (tertiary/aromatic N) is 4. The molecule has 53 heavy (non-hydrogen) atoms. The Morgan fingerprint density at radius 1 is 0.774 bits per heavy atom. The van der Waals surface area contributed by atoms with E-state index < -0.39 is 17.7 Å². The SMILES string of the molecule is CC(C)[C@H](NC(=O)O)C(=O)N1CCC[C@H]1c1ncc(-c2ccc3cc(-c4ccc(-c5cnc([C@@H]6CCCN6C(=O)OC(C)(C)C)[nH]5)cc4)ccc3c2)[nH]1. The minimum absolute atomic E-state index is 0.132. The summed E-state index contributed by atoms with van der Waals surface area (Å²) in [4.78, 5) is 57.3. The van der Waals surface area contributed by atoms with Crippen LogP contribution in [0.2, 0.25) is 0 Å². The number of aromatic amines is 2. The summed E-state index contributed by atoms with van der Waals surface area (Å²) in [7, 11) is 0. The van der Waals surface area contributed by atoms with Crippen LogP contribution in [0.5, 0.6) is 0 Å². The van der Waals surface area contributed by atoms with Crippen molar-refractivity contribution in [1.82, 2.24) is 35.1 Å². The van der Waals surface area contributed by atoms with Crippen LogP contribution in [0.3, 0.4) is 0 Å². The highest BCUT2D eigenvalue weighted by Gasteiger charge is 2.38. The number of fused-ring (bicyclic) bond motifs is 1. The van der Waals surface area contributed by atoms with E-state index in [1.165, 1.54) is 0 Å².